The number of benzene rings is 1. The summed E-state index contributed by atoms with van der Waals surface area (Å²) in [5.74, 6) is 0.884. The maximum absolute atomic E-state index is 9.39. The average molecular weight is 349 g/mol. The van der Waals surface area contributed by atoms with Gasteiger partial charge in [-0.15, -0.1) is 0 Å². The van der Waals surface area contributed by atoms with Crippen molar-refractivity contribution in [2.75, 3.05) is 27.2 Å². The molecule has 1 aromatic carbocycles. The third-order valence-electron chi connectivity index (χ3n) is 4.30. The van der Waals surface area contributed by atoms with Gasteiger partial charge in [-0.2, -0.15) is 5.26 Å². The predicted octanol–water partition coefficient (Wildman–Crippen LogP) is 3.15. The van der Waals surface area contributed by atoms with Crippen LogP contribution in [0.25, 0.3) is 22.3 Å². The summed E-state index contributed by atoms with van der Waals surface area (Å²) in [5.41, 5.74) is 4.66. The molecule has 0 saturated heterocycles. The highest BCUT2D eigenvalue weighted by Gasteiger charge is 2.12. The van der Waals surface area contributed by atoms with Crippen LogP contribution in [0.1, 0.15) is 17.7 Å². The number of imidazole rings is 1. The minimum absolute atomic E-state index is 0.347. The number of pyridine rings is 1. The number of aryl methyl sites for hydroxylation is 2. The van der Waals surface area contributed by atoms with Crippen molar-refractivity contribution >= 4 is 11.0 Å². The van der Waals surface area contributed by atoms with Gasteiger partial charge in [0.25, 0.3) is 0 Å². The molecule has 134 valence electrons. The molecule has 3 rings (SSSR count). The Morgan fingerprint density at radius 3 is 2.77 bits per heavy atom. The zero-order valence-corrected chi connectivity index (χ0v) is 15.7. The van der Waals surface area contributed by atoms with Crippen molar-refractivity contribution in [3.8, 4) is 23.1 Å². The second kappa shape index (κ2) is 7.54. The summed E-state index contributed by atoms with van der Waals surface area (Å²) in [7, 11) is 6.03. The van der Waals surface area contributed by atoms with Crippen molar-refractivity contribution in [3.63, 3.8) is 0 Å². The summed E-state index contributed by atoms with van der Waals surface area (Å²) >= 11 is 0. The Bertz CT molecular complexity index is 968. The van der Waals surface area contributed by atoms with Gasteiger partial charge in [-0.1, -0.05) is 0 Å². The van der Waals surface area contributed by atoms with Gasteiger partial charge in [-0.05, 0) is 57.3 Å². The fourth-order valence-electron chi connectivity index (χ4n) is 2.89. The summed E-state index contributed by atoms with van der Waals surface area (Å²) < 4.78 is 7.79. The number of nitriles is 1. The first kappa shape index (κ1) is 17.9. The van der Waals surface area contributed by atoms with Crippen LogP contribution in [0, 0.1) is 18.3 Å². The third kappa shape index (κ3) is 3.68. The van der Waals surface area contributed by atoms with Crippen LogP contribution in [0.4, 0.5) is 0 Å². The SMILES string of the molecule is Cc1cc(-c2cc3c(ncn3C)c(C#N)n2)ccc1OCCCN(C)C. The van der Waals surface area contributed by atoms with E-state index in [0.29, 0.717) is 17.8 Å². The summed E-state index contributed by atoms with van der Waals surface area (Å²) in [4.78, 5) is 10.9. The highest BCUT2D eigenvalue weighted by Crippen LogP contribution is 2.28. The highest BCUT2D eigenvalue weighted by molar-refractivity contribution is 5.84. The van der Waals surface area contributed by atoms with Crippen molar-refractivity contribution < 1.29 is 4.74 Å². The molecule has 0 unspecified atom stereocenters. The van der Waals surface area contributed by atoms with Gasteiger partial charge in [0.05, 0.1) is 24.1 Å². The Kier molecular flexibility index (Phi) is 5.19. The average Bonchev–Trinajstić information content (AvgIpc) is 3.00. The van der Waals surface area contributed by atoms with Gasteiger partial charge in [-0.3, -0.25) is 0 Å². The molecule has 0 aliphatic heterocycles. The van der Waals surface area contributed by atoms with E-state index in [0.717, 1.165) is 41.1 Å². The van der Waals surface area contributed by atoms with Gasteiger partial charge in [0.2, 0.25) is 0 Å². The molecule has 3 aromatic rings. The molecule has 0 radical (unpaired) electrons. The summed E-state index contributed by atoms with van der Waals surface area (Å²) in [6, 6.07) is 10.1. The number of hydrogen-bond acceptors (Lipinski definition) is 5. The van der Waals surface area contributed by atoms with Gasteiger partial charge in [0, 0.05) is 19.2 Å². The van der Waals surface area contributed by atoms with E-state index in [9.17, 15) is 5.26 Å². The monoisotopic (exact) mass is 349 g/mol. The van der Waals surface area contributed by atoms with Crippen LogP contribution in [0.5, 0.6) is 5.75 Å². The maximum atomic E-state index is 9.39. The Balaban J connectivity index is 1.86. The van der Waals surface area contributed by atoms with E-state index in [1.807, 2.05) is 42.8 Å². The second-order valence-corrected chi connectivity index (χ2v) is 6.68. The minimum atomic E-state index is 0.347. The lowest BCUT2D eigenvalue weighted by Gasteiger charge is -2.13. The first-order valence-corrected chi connectivity index (χ1v) is 8.60. The number of fused-ring (bicyclic) bond motifs is 1. The van der Waals surface area contributed by atoms with Gasteiger partial charge in [-0.25, -0.2) is 9.97 Å². The van der Waals surface area contributed by atoms with Crippen molar-refractivity contribution in [3.05, 3.63) is 41.9 Å². The number of hydrogen-bond donors (Lipinski definition) is 0. The molecular formula is C20H23N5O. The Hall–Kier alpha value is -2.91. The van der Waals surface area contributed by atoms with E-state index >= 15 is 0 Å². The molecular weight excluding hydrogens is 326 g/mol. The fourth-order valence-corrected chi connectivity index (χ4v) is 2.89. The van der Waals surface area contributed by atoms with Crippen molar-refractivity contribution in [2.45, 2.75) is 13.3 Å². The van der Waals surface area contributed by atoms with Crippen molar-refractivity contribution in [1.29, 1.82) is 5.26 Å². The first-order valence-electron chi connectivity index (χ1n) is 8.60. The van der Waals surface area contributed by atoms with Crippen LogP contribution in [0.2, 0.25) is 0 Å². The molecule has 0 aliphatic rings. The molecule has 0 saturated carbocycles. The zero-order chi connectivity index (χ0) is 18.7. The molecule has 0 aliphatic carbocycles. The molecule has 0 atom stereocenters. The third-order valence-corrected chi connectivity index (χ3v) is 4.30. The van der Waals surface area contributed by atoms with E-state index in [1.165, 1.54) is 0 Å². The number of ether oxygens (including phenoxy) is 1. The van der Waals surface area contributed by atoms with Crippen LogP contribution < -0.4 is 4.74 Å². The molecule has 0 N–H and O–H groups in total. The van der Waals surface area contributed by atoms with Crippen LogP contribution in [0.3, 0.4) is 0 Å². The van der Waals surface area contributed by atoms with Crippen molar-refractivity contribution in [1.82, 2.24) is 19.4 Å². The standard InChI is InChI=1S/C20H23N5O/c1-14-10-15(6-7-19(14)26-9-5-8-24(2)3)16-11-18-20(17(12-21)23-16)22-13-25(18)4/h6-7,10-11,13H,5,8-9H2,1-4H3. The second-order valence-electron chi connectivity index (χ2n) is 6.68. The van der Waals surface area contributed by atoms with Gasteiger partial charge in [0.15, 0.2) is 5.69 Å². The Morgan fingerprint density at radius 1 is 1.27 bits per heavy atom. The molecule has 0 spiro atoms. The van der Waals surface area contributed by atoms with E-state index in [-0.39, 0.29) is 0 Å². The lowest BCUT2D eigenvalue weighted by atomic mass is 10.1. The smallest absolute Gasteiger partial charge is 0.169 e. The van der Waals surface area contributed by atoms with Crippen LogP contribution in [-0.2, 0) is 7.05 Å². The fraction of sp³-hybridized carbons (Fsp3) is 0.350. The van der Waals surface area contributed by atoms with Crippen LogP contribution in [-0.4, -0.2) is 46.7 Å². The van der Waals surface area contributed by atoms with Gasteiger partial charge in [0.1, 0.15) is 17.3 Å². The minimum Gasteiger partial charge on any atom is -0.493 e. The topological polar surface area (TPSA) is 67.0 Å². The van der Waals surface area contributed by atoms with Crippen LogP contribution >= 0.6 is 0 Å². The lowest BCUT2D eigenvalue weighted by Crippen LogP contribution is -2.15. The van der Waals surface area contributed by atoms with E-state index < -0.39 is 0 Å². The molecule has 2 aromatic heterocycles. The van der Waals surface area contributed by atoms with Gasteiger partial charge >= 0.3 is 0 Å². The van der Waals surface area contributed by atoms with Crippen molar-refractivity contribution in [2.24, 2.45) is 7.05 Å². The number of nitrogens with zero attached hydrogens (tertiary/aromatic N) is 5. The molecule has 2 heterocycles. The summed E-state index contributed by atoms with van der Waals surface area (Å²) in [6.45, 7) is 3.72. The predicted molar refractivity (Wildman–Crippen MR) is 102 cm³/mol. The molecule has 0 amide bonds. The quantitative estimate of drug-likeness (QED) is 0.640. The molecule has 26 heavy (non-hydrogen) atoms. The maximum Gasteiger partial charge on any atom is 0.169 e. The molecule has 6 heteroatoms. The Labute approximate surface area is 153 Å². The zero-order valence-electron chi connectivity index (χ0n) is 15.7. The summed E-state index contributed by atoms with van der Waals surface area (Å²) in [5, 5.41) is 9.39. The summed E-state index contributed by atoms with van der Waals surface area (Å²) in [6.07, 6.45) is 2.69. The Morgan fingerprint density at radius 2 is 2.08 bits per heavy atom. The lowest BCUT2D eigenvalue weighted by molar-refractivity contribution is 0.280. The molecule has 0 bridgehead atoms. The number of rotatable bonds is 6. The normalized spacial score (nSPS) is 11.1. The van der Waals surface area contributed by atoms with Crippen LogP contribution in [0.15, 0.2) is 30.6 Å². The highest BCUT2D eigenvalue weighted by atomic mass is 16.5. The van der Waals surface area contributed by atoms with E-state index in [2.05, 4.69) is 35.0 Å². The number of aromatic nitrogens is 3. The molecule has 0 fully saturated rings. The van der Waals surface area contributed by atoms with E-state index in [4.69, 9.17) is 4.74 Å². The largest absolute Gasteiger partial charge is 0.493 e. The first-order chi connectivity index (χ1) is 12.5. The van der Waals surface area contributed by atoms with E-state index in [1.54, 1.807) is 6.33 Å². The molecule has 6 nitrogen and oxygen atoms in total. The van der Waals surface area contributed by atoms with Gasteiger partial charge < -0.3 is 14.2 Å².